The van der Waals surface area contributed by atoms with Gasteiger partial charge in [-0.25, -0.2) is 0 Å². The molecule has 3 aliphatic heterocycles. The molecule has 118 valence electrons. The monoisotopic (exact) mass is 293 g/mol. The molecule has 3 saturated heterocycles. The average molecular weight is 293 g/mol. The summed E-state index contributed by atoms with van der Waals surface area (Å²) in [5.41, 5.74) is 0. The molecule has 21 heavy (non-hydrogen) atoms. The number of likely N-dealkylation sites (tertiary alicyclic amines) is 1. The average Bonchev–Trinajstić information content (AvgIpc) is 3.01. The molecule has 2 amide bonds. The van der Waals surface area contributed by atoms with Crippen LogP contribution in [0.2, 0.25) is 0 Å². The molecule has 5 heteroatoms. The summed E-state index contributed by atoms with van der Waals surface area (Å²) in [5.74, 6) is 1.02. The highest BCUT2D eigenvalue weighted by molar-refractivity contribution is 5.78. The van der Waals surface area contributed by atoms with Gasteiger partial charge in [0.1, 0.15) is 0 Å². The predicted octanol–water partition coefficient (Wildman–Crippen LogP) is 1.04. The van der Waals surface area contributed by atoms with E-state index in [4.69, 9.17) is 0 Å². The molecule has 2 N–H and O–H groups in total. The number of hydrogen-bond acceptors (Lipinski definition) is 3. The van der Waals surface area contributed by atoms with E-state index in [1.165, 1.54) is 12.8 Å². The first-order valence-corrected chi connectivity index (χ1v) is 8.51. The first kappa shape index (κ1) is 14.8. The summed E-state index contributed by atoms with van der Waals surface area (Å²) in [5, 5.41) is 6.63. The molecule has 3 rings (SSSR count). The fraction of sp³-hybridized carbons (Fsp3) is 0.875. The molecule has 5 nitrogen and oxygen atoms in total. The molecule has 0 aromatic heterocycles. The zero-order valence-corrected chi connectivity index (χ0v) is 12.8. The second-order valence-electron chi connectivity index (χ2n) is 6.87. The van der Waals surface area contributed by atoms with Crippen LogP contribution < -0.4 is 10.6 Å². The summed E-state index contributed by atoms with van der Waals surface area (Å²) >= 11 is 0. The predicted molar refractivity (Wildman–Crippen MR) is 80.7 cm³/mol. The number of nitrogens with zero attached hydrogens (tertiary/aromatic N) is 1. The molecular weight excluding hydrogens is 266 g/mol. The molecule has 0 spiro atoms. The number of hydrogen-bond donors (Lipinski definition) is 2. The van der Waals surface area contributed by atoms with E-state index >= 15 is 0 Å². The van der Waals surface area contributed by atoms with Gasteiger partial charge >= 0.3 is 0 Å². The highest BCUT2D eigenvalue weighted by Crippen LogP contribution is 2.32. The van der Waals surface area contributed by atoms with Crippen molar-refractivity contribution in [2.24, 2.45) is 5.92 Å². The molecule has 3 fully saturated rings. The molecule has 0 aliphatic carbocycles. The van der Waals surface area contributed by atoms with Gasteiger partial charge in [0.25, 0.3) is 0 Å². The van der Waals surface area contributed by atoms with E-state index in [0.29, 0.717) is 37.4 Å². The van der Waals surface area contributed by atoms with E-state index in [2.05, 4.69) is 10.6 Å². The van der Waals surface area contributed by atoms with Crippen LogP contribution in [-0.2, 0) is 9.59 Å². The highest BCUT2D eigenvalue weighted by atomic mass is 16.2. The Hall–Kier alpha value is -1.10. The van der Waals surface area contributed by atoms with Gasteiger partial charge in [0.15, 0.2) is 0 Å². The van der Waals surface area contributed by atoms with Gasteiger partial charge in [-0.1, -0.05) is 0 Å². The van der Waals surface area contributed by atoms with Gasteiger partial charge in [0.2, 0.25) is 11.8 Å². The minimum Gasteiger partial charge on any atom is -0.356 e. The first-order valence-electron chi connectivity index (χ1n) is 8.51. The molecule has 0 aromatic carbocycles. The molecule has 0 aromatic rings. The summed E-state index contributed by atoms with van der Waals surface area (Å²) < 4.78 is 0. The molecule has 2 unspecified atom stereocenters. The van der Waals surface area contributed by atoms with E-state index in [0.717, 1.165) is 38.8 Å². The van der Waals surface area contributed by atoms with Crippen LogP contribution in [0.3, 0.4) is 0 Å². The van der Waals surface area contributed by atoms with Gasteiger partial charge < -0.3 is 15.5 Å². The maximum absolute atomic E-state index is 12.0. The SMILES string of the molecule is O=C(CC1CC2CCC(C1)N2)NCCCN1CCCC1=O. The van der Waals surface area contributed by atoms with Crippen molar-refractivity contribution < 1.29 is 9.59 Å². The van der Waals surface area contributed by atoms with Crippen molar-refractivity contribution in [1.29, 1.82) is 0 Å². The number of carbonyl (C=O) groups is 2. The Bertz CT molecular complexity index is 387. The lowest BCUT2D eigenvalue weighted by molar-refractivity contribution is -0.127. The Morgan fingerprint density at radius 1 is 1.29 bits per heavy atom. The summed E-state index contributed by atoms with van der Waals surface area (Å²) in [6, 6.07) is 1.31. The summed E-state index contributed by atoms with van der Waals surface area (Å²) in [6.07, 6.45) is 8.12. The first-order chi connectivity index (χ1) is 10.2. The largest absolute Gasteiger partial charge is 0.356 e. The lowest BCUT2D eigenvalue weighted by atomic mass is 9.89. The van der Waals surface area contributed by atoms with Crippen LogP contribution in [0.5, 0.6) is 0 Å². The number of fused-ring (bicyclic) bond motifs is 2. The topological polar surface area (TPSA) is 61.4 Å². The van der Waals surface area contributed by atoms with Gasteiger partial charge in [-0.2, -0.15) is 0 Å². The van der Waals surface area contributed by atoms with Crippen molar-refractivity contribution >= 4 is 11.8 Å². The van der Waals surface area contributed by atoms with Gasteiger partial charge in [0.05, 0.1) is 0 Å². The maximum atomic E-state index is 12.0. The van der Waals surface area contributed by atoms with Gasteiger partial charge in [0, 0.05) is 44.6 Å². The third-order valence-electron chi connectivity index (χ3n) is 5.14. The van der Waals surface area contributed by atoms with Crippen LogP contribution in [0.15, 0.2) is 0 Å². The number of carbonyl (C=O) groups excluding carboxylic acids is 2. The third kappa shape index (κ3) is 3.96. The van der Waals surface area contributed by atoms with Crippen molar-refractivity contribution in [3.8, 4) is 0 Å². The van der Waals surface area contributed by atoms with Gasteiger partial charge in [-0.05, 0) is 44.4 Å². The van der Waals surface area contributed by atoms with Gasteiger partial charge in [-0.3, -0.25) is 9.59 Å². The minimum atomic E-state index is 0.189. The standard InChI is InChI=1S/C16H27N3O2/c20-15(11-12-9-13-4-5-14(10-12)18-13)17-6-2-8-19-7-1-3-16(19)21/h12-14,18H,1-11H2,(H,17,20). The lowest BCUT2D eigenvalue weighted by Gasteiger charge is -2.28. The zero-order chi connectivity index (χ0) is 14.7. The Labute approximate surface area is 126 Å². The van der Waals surface area contributed by atoms with Crippen LogP contribution in [0.1, 0.15) is 51.4 Å². The second kappa shape index (κ2) is 6.77. The number of nitrogens with one attached hydrogen (secondary N) is 2. The maximum Gasteiger partial charge on any atom is 0.222 e. The molecule has 2 bridgehead atoms. The quantitative estimate of drug-likeness (QED) is 0.719. The van der Waals surface area contributed by atoms with Crippen molar-refractivity contribution in [3.63, 3.8) is 0 Å². The van der Waals surface area contributed by atoms with Crippen molar-refractivity contribution in [2.45, 2.75) is 63.5 Å². The molecule has 3 heterocycles. The number of rotatable bonds is 6. The summed E-state index contributed by atoms with van der Waals surface area (Å²) in [4.78, 5) is 25.4. The van der Waals surface area contributed by atoms with Gasteiger partial charge in [-0.15, -0.1) is 0 Å². The fourth-order valence-electron chi connectivity index (χ4n) is 4.11. The molecule has 0 saturated carbocycles. The van der Waals surface area contributed by atoms with Crippen LogP contribution in [-0.4, -0.2) is 48.4 Å². The third-order valence-corrected chi connectivity index (χ3v) is 5.14. The smallest absolute Gasteiger partial charge is 0.222 e. The molecular formula is C16H27N3O2. The fourth-order valence-corrected chi connectivity index (χ4v) is 4.11. The summed E-state index contributed by atoms with van der Waals surface area (Å²) in [6.45, 7) is 2.38. The van der Waals surface area contributed by atoms with Crippen LogP contribution in [0, 0.1) is 5.92 Å². The number of piperidine rings is 1. The van der Waals surface area contributed by atoms with Crippen LogP contribution >= 0.6 is 0 Å². The molecule has 2 atom stereocenters. The Morgan fingerprint density at radius 2 is 2.05 bits per heavy atom. The van der Waals surface area contributed by atoms with Crippen LogP contribution in [0.4, 0.5) is 0 Å². The molecule has 3 aliphatic rings. The van der Waals surface area contributed by atoms with E-state index in [1.807, 2.05) is 4.90 Å². The van der Waals surface area contributed by atoms with Crippen molar-refractivity contribution in [1.82, 2.24) is 15.5 Å². The summed E-state index contributed by atoms with van der Waals surface area (Å²) in [7, 11) is 0. The van der Waals surface area contributed by atoms with E-state index in [1.54, 1.807) is 0 Å². The Morgan fingerprint density at radius 3 is 2.71 bits per heavy atom. The second-order valence-corrected chi connectivity index (χ2v) is 6.87. The Balaban J connectivity index is 1.29. The zero-order valence-electron chi connectivity index (χ0n) is 12.8. The minimum absolute atomic E-state index is 0.189. The van der Waals surface area contributed by atoms with E-state index < -0.39 is 0 Å². The lowest BCUT2D eigenvalue weighted by Crippen LogP contribution is -2.40. The highest BCUT2D eigenvalue weighted by Gasteiger charge is 2.34. The van der Waals surface area contributed by atoms with Crippen molar-refractivity contribution in [3.05, 3.63) is 0 Å². The normalized spacial score (nSPS) is 31.7. The van der Waals surface area contributed by atoms with Crippen molar-refractivity contribution in [2.75, 3.05) is 19.6 Å². The number of amides is 2. The van der Waals surface area contributed by atoms with E-state index in [9.17, 15) is 9.59 Å². The van der Waals surface area contributed by atoms with Crippen LogP contribution in [0.25, 0.3) is 0 Å². The van der Waals surface area contributed by atoms with E-state index in [-0.39, 0.29) is 11.8 Å². The Kier molecular flexibility index (Phi) is 4.78. The molecule has 0 radical (unpaired) electrons.